The number of hydrogen-bond donors (Lipinski definition) is 1. The zero-order valence-corrected chi connectivity index (χ0v) is 16.5. The second kappa shape index (κ2) is 9.62. The van der Waals surface area contributed by atoms with Crippen molar-refractivity contribution in [3.05, 3.63) is 75.9 Å². The maximum Gasteiger partial charge on any atom is 0.293 e. The second-order valence-corrected chi connectivity index (χ2v) is 7.43. The summed E-state index contributed by atoms with van der Waals surface area (Å²) in [5, 5.41) is 2.02. The Morgan fingerprint density at radius 1 is 1.07 bits per heavy atom. The van der Waals surface area contributed by atoms with E-state index < -0.39 is 34.5 Å². The molecule has 0 atom stereocenters. The minimum Gasteiger partial charge on any atom is -0.354 e. The van der Waals surface area contributed by atoms with Crippen molar-refractivity contribution >= 4 is 34.9 Å². The molecule has 1 aliphatic heterocycles. The summed E-state index contributed by atoms with van der Waals surface area (Å²) in [4.78, 5) is 37.4. The Morgan fingerprint density at radius 3 is 2.60 bits per heavy atom. The molecule has 0 radical (unpaired) electrons. The van der Waals surface area contributed by atoms with Crippen molar-refractivity contribution in [1.82, 2.24) is 10.2 Å². The van der Waals surface area contributed by atoms with Crippen LogP contribution in [0, 0.1) is 17.5 Å². The summed E-state index contributed by atoms with van der Waals surface area (Å²) in [5.74, 6) is -2.68. The van der Waals surface area contributed by atoms with Gasteiger partial charge in [-0.05, 0) is 54.1 Å². The van der Waals surface area contributed by atoms with Crippen molar-refractivity contribution < 1.29 is 27.6 Å². The molecule has 3 rings (SSSR count). The molecule has 1 N–H and O–H groups in total. The van der Waals surface area contributed by atoms with Crippen LogP contribution in [0.4, 0.5) is 18.0 Å². The molecule has 1 fully saturated rings. The van der Waals surface area contributed by atoms with Crippen molar-refractivity contribution in [1.29, 1.82) is 0 Å². The molecule has 5 nitrogen and oxygen atoms in total. The number of imide groups is 1. The van der Waals surface area contributed by atoms with Gasteiger partial charge in [0, 0.05) is 25.1 Å². The van der Waals surface area contributed by atoms with E-state index in [9.17, 15) is 27.6 Å². The predicted molar refractivity (Wildman–Crippen MR) is 107 cm³/mol. The molecule has 0 aliphatic carbocycles. The molecule has 1 aliphatic rings. The molecule has 0 bridgehead atoms. The van der Waals surface area contributed by atoms with Crippen LogP contribution in [0.25, 0.3) is 6.08 Å². The van der Waals surface area contributed by atoms with Crippen LogP contribution in [0.2, 0.25) is 0 Å². The highest BCUT2D eigenvalue weighted by molar-refractivity contribution is 8.18. The zero-order chi connectivity index (χ0) is 21.7. The summed E-state index contributed by atoms with van der Waals surface area (Å²) < 4.78 is 40.5. The van der Waals surface area contributed by atoms with Crippen LogP contribution in [0.1, 0.15) is 17.5 Å². The molecule has 9 heteroatoms. The van der Waals surface area contributed by atoms with E-state index in [1.54, 1.807) is 6.07 Å². The van der Waals surface area contributed by atoms with E-state index in [1.165, 1.54) is 24.3 Å². The van der Waals surface area contributed by atoms with Gasteiger partial charge in [-0.15, -0.1) is 0 Å². The Kier molecular flexibility index (Phi) is 6.94. The lowest BCUT2D eigenvalue weighted by atomic mass is 10.1. The molecule has 0 unspecified atom stereocenters. The minimum absolute atomic E-state index is 0.00941. The van der Waals surface area contributed by atoms with E-state index in [2.05, 4.69) is 5.32 Å². The average Bonchev–Trinajstić information content (AvgIpc) is 2.97. The fourth-order valence-corrected chi connectivity index (χ4v) is 3.66. The lowest BCUT2D eigenvalue weighted by molar-refractivity contribution is -0.124. The number of rotatable bonds is 7. The molecule has 0 aromatic heterocycles. The van der Waals surface area contributed by atoms with Gasteiger partial charge in [0.05, 0.1) is 4.91 Å². The van der Waals surface area contributed by atoms with Gasteiger partial charge in [-0.3, -0.25) is 19.3 Å². The van der Waals surface area contributed by atoms with Crippen LogP contribution in [0.15, 0.2) is 47.4 Å². The summed E-state index contributed by atoms with van der Waals surface area (Å²) in [6.07, 6.45) is 1.25. The number of hydrogen-bond acceptors (Lipinski definition) is 4. The molecule has 1 heterocycles. The smallest absolute Gasteiger partial charge is 0.293 e. The zero-order valence-electron chi connectivity index (χ0n) is 15.7. The van der Waals surface area contributed by atoms with E-state index in [1.807, 2.05) is 0 Å². The topological polar surface area (TPSA) is 66.5 Å². The van der Waals surface area contributed by atoms with E-state index in [0.29, 0.717) is 11.8 Å². The van der Waals surface area contributed by atoms with Gasteiger partial charge in [0.25, 0.3) is 11.1 Å². The molecule has 2 aromatic carbocycles. The summed E-state index contributed by atoms with van der Waals surface area (Å²) >= 11 is 0.697. The fraction of sp³-hybridized carbons (Fsp3) is 0.190. The van der Waals surface area contributed by atoms with Gasteiger partial charge in [0.2, 0.25) is 5.91 Å². The minimum atomic E-state index is -0.594. The van der Waals surface area contributed by atoms with Crippen molar-refractivity contribution in [3.8, 4) is 0 Å². The van der Waals surface area contributed by atoms with E-state index in [4.69, 9.17) is 0 Å². The third kappa shape index (κ3) is 5.29. The number of aryl methyl sites for hydroxylation is 1. The molecule has 0 saturated carbocycles. The average molecular weight is 434 g/mol. The van der Waals surface area contributed by atoms with Gasteiger partial charge in [0.15, 0.2) is 0 Å². The van der Waals surface area contributed by atoms with Crippen molar-refractivity contribution in [2.24, 2.45) is 0 Å². The van der Waals surface area contributed by atoms with Gasteiger partial charge >= 0.3 is 0 Å². The molecule has 3 amide bonds. The first-order chi connectivity index (χ1) is 14.3. The maximum absolute atomic E-state index is 13.7. The Balaban J connectivity index is 1.50. The molecule has 2 aromatic rings. The summed E-state index contributed by atoms with van der Waals surface area (Å²) in [5.41, 5.74) is 0.287. The summed E-state index contributed by atoms with van der Waals surface area (Å²) in [7, 11) is 0. The largest absolute Gasteiger partial charge is 0.354 e. The maximum atomic E-state index is 13.7. The van der Waals surface area contributed by atoms with E-state index in [-0.39, 0.29) is 42.0 Å². The quantitative estimate of drug-likeness (QED) is 0.672. The molecule has 30 heavy (non-hydrogen) atoms. The first-order valence-corrected chi connectivity index (χ1v) is 9.87. The number of thioether (sulfide) groups is 1. The standard InChI is InChI=1S/C21H17F3N2O3S/c22-15-6-7-17(24)14(11-15)5-8-19(27)25-9-10-26-20(28)18(30-21(26)29)12-13-3-1-2-4-16(13)23/h1-4,6-7,11-12H,5,8-10H2,(H,25,27)/b18-12+. The SMILES string of the molecule is O=C(CCc1cc(F)ccc1F)NCCN1C(=O)S/C(=C/c2ccccc2F)C1=O. The normalized spacial score (nSPS) is 15.2. The molecular weight excluding hydrogens is 417 g/mol. The Hall–Kier alpha value is -3.07. The first kappa shape index (κ1) is 21.6. The number of amides is 3. The van der Waals surface area contributed by atoms with Gasteiger partial charge in [-0.25, -0.2) is 13.2 Å². The van der Waals surface area contributed by atoms with Crippen molar-refractivity contribution in [2.75, 3.05) is 13.1 Å². The third-order valence-corrected chi connectivity index (χ3v) is 5.26. The number of nitrogens with zero attached hydrogens (tertiary/aromatic N) is 1. The van der Waals surface area contributed by atoms with E-state index in [0.717, 1.165) is 23.1 Å². The lowest BCUT2D eigenvalue weighted by Crippen LogP contribution is -2.37. The van der Waals surface area contributed by atoms with Crippen LogP contribution in [-0.2, 0) is 16.0 Å². The highest BCUT2D eigenvalue weighted by atomic mass is 32.2. The van der Waals surface area contributed by atoms with Crippen LogP contribution in [-0.4, -0.2) is 35.0 Å². The van der Waals surface area contributed by atoms with Crippen LogP contribution in [0.3, 0.4) is 0 Å². The molecule has 0 spiro atoms. The first-order valence-electron chi connectivity index (χ1n) is 9.05. The van der Waals surface area contributed by atoms with Crippen LogP contribution in [0.5, 0.6) is 0 Å². The van der Waals surface area contributed by atoms with Crippen molar-refractivity contribution in [3.63, 3.8) is 0 Å². The molecule has 1 saturated heterocycles. The van der Waals surface area contributed by atoms with Gasteiger partial charge in [-0.2, -0.15) is 0 Å². The van der Waals surface area contributed by atoms with Gasteiger partial charge in [0.1, 0.15) is 17.5 Å². The Morgan fingerprint density at radius 2 is 1.83 bits per heavy atom. The number of halogens is 3. The number of nitrogens with one attached hydrogen (secondary N) is 1. The monoisotopic (exact) mass is 434 g/mol. The van der Waals surface area contributed by atoms with Crippen LogP contribution < -0.4 is 5.32 Å². The lowest BCUT2D eigenvalue weighted by Gasteiger charge is -2.13. The van der Waals surface area contributed by atoms with Gasteiger partial charge < -0.3 is 5.32 Å². The summed E-state index contributed by atoms with van der Waals surface area (Å²) in [6, 6.07) is 8.90. The number of carbonyl (C=O) groups is 3. The highest BCUT2D eigenvalue weighted by Gasteiger charge is 2.34. The Labute approximate surface area is 174 Å². The van der Waals surface area contributed by atoms with Crippen molar-refractivity contribution in [2.45, 2.75) is 12.8 Å². The third-order valence-electron chi connectivity index (χ3n) is 4.35. The highest BCUT2D eigenvalue weighted by Crippen LogP contribution is 2.32. The predicted octanol–water partition coefficient (Wildman–Crippen LogP) is 3.89. The second-order valence-electron chi connectivity index (χ2n) is 6.44. The van der Waals surface area contributed by atoms with E-state index >= 15 is 0 Å². The number of carbonyl (C=O) groups excluding carboxylic acids is 3. The summed E-state index contributed by atoms with van der Waals surface area (Å²) in [6.45, 7) is -0.0468. The fourth-order valence-electron chi connectivity index (χ4n) is 2.80. The van der Waals surface area contributed by atoms with Crippen LogP contribution >= 0.6 is 11.8 Å². The molecule has 156 valence electrons. The number of benzene rings is 2. The Bertz CT molecular complexity index is 1030. The van der Waals surface area contributed by atoms with Gasteiger partial charge in [-0.1, -0.05) is 18.2 Å². The molecular formula is C21H17F3N2O3S.